The van der Waals surface area contributed by atoms with Crippen molar-refractivity contribution >= 4 is 17.5 Å². The number of pyridine rings is 1. The lowest BCUT2D eigenvalue weighted by molar-refractivity contribution is 0.0733. The highest BCUT2D eigenvalue weighted by Crippen LogP contribution is 2.24. The van der Waals surface area contributed by atoms with Crippen molar-refractivity contribution in [3.8, 4) is 0 Å². The number of hydrogen-bond donors (Lipinski definition) is 0. The SMILES string of the molecule is Cn1cc2c(c(C(=O)N3CC=CCC3)c1=O)CCN(C(=O)c1cnn3ccn(C)c13)C2. The van der Waals surface area contributed by atoms with Gasteiger partial charge in [-0.15, -0.1) is 0 Å². The highest BCUT2D eigenvalue weighted by Gasteiger charge is 2.31. The first-order valence-corrected chi connectivity index (χ1v) is 10.4. The molecule has 0 aromatic carbocycles. The quantitative estimate of drug-likeness (QED) is 0.579. The smallest absolute Gasteiger partial charge is 0.263 e. The molecule has 0 bridgehead atoms. The number of aryl methyl sites for hydroxylation is 2. The van der Waals surface area contributed by atoms with Gasteiger partial charge in [0.25, 0.3) is 17.4 Å². The van der Waals surface area contributed by atoms with Crippen LogP contribution in [0.3, 0.4) is 0 Å². The molecule has 0 fully saturated rings. The number of carbonyl (C=O) groups excluding carboxylic acids is 2. The van der Waals surface area contributed by atoms with Crippen LogP contribution in [0.15, 0.2) is 41.7 Å². The molecule has 0 spiro atoms. The van der Waals surface area contributed by atoms with Crippen molar-refractivity contribution in [2.45, 2.75) is 19.4 Å². The second-order valence-electron chi connectivity index (χ2n) is 8.15. The number of hydrogen-bond acceptors (Lipinski definition) is 4. The van der Waals surface area contributed by atoms with Crippen molar-refractivity contribution in [1.82, 2.24) is 28.5 Å². The monoisotopic (exact) mass is 420 g/mol. The minimum Gasteiger partial charge on any atom is -0.334 e. The van der Waals surface area contributed by atoms with Crippen LogP contribution in [0.2, 0.25) is 0 Å². The van der Waals surface area contributed by atoms with Crippen LogP contribution in [0.4, 0.5) is 0 Å². The van der Waals surface area contributed by atoms with Crippen molar-refractivity contribution in [3.05, 3.63) is 69.5 Å². The van der Waals surface area contributed by atoms with Gasteiger partial charge in [-0.1, -0.05) is 12.2 Å². The average molecular weight is 420 g/mol. The van der Waals surface area contributed by atoms with Crippen LogP contribution >= 0.6 is 0 Å². The Morgan fingerprint density at radius 3 is 2.61 bits per heavy atom. The highest BCUT2D eigenvalue weighted by atomic mass is 16.2. The van der Waals surface area contributed by atoms with Crippen LogP contribution < -0.4 is 5.56 Å². The van der Waals surface area contributed by atoms with Gasteiger partial charge in [-0.3, -0.25) is 14.4 Å². The van der Waals surface area contributed by atoms with E-state index in [1.807, 2.05) is 30.0 Å². The van der Waals surface area contributed by atoms with Crippen LogP contribution in [0.25, 0.3) is 5.65 Å². The largest absolute Gasteiger partial charge is 0.334 e. The molecule has 2 amide bonds. The first-order valence-electron chi connectivity index (χ1n) is 10.4. The van der Waals surface area contributed by atoms with E-state index in [1.54, 1.807) is 40.0 Å². The zero-order chi connectivity index (χ0) is 21.7. The molecule has 3 aromatic rings. The minimum absolute atomic E-state index is 0.106. The number of amides is 2. The Hall–Kier alpha value is -3.62. The van der Waals surface area contributed by atoms with Crippen molar-refractivity contribution < 1.29 is 9.59 Å². The molecule has 0 radical (unpaired) electrons. The predicted molar refractivity (Wildman–Crippen MR) is 114 cm³/mol. The van der Waals surface area contributed by atoms with Crippen LogP contribution in [0.1, 0.15) is 38.3 Å². The zero-order valence-corrected chi connectivity index (χ0v) is 17.6. The number of aromatic nitrogens is 4. The Bertz CT molecular complexity index is 1290. The van der Waals surface area contributed by atoms with Crippen molar-refractivity contribution in [2.24, 2.45) is 14.1 Å². The molecule has 0 unspecified atom stereocenters. The molecule has 0 saturated heterocycles. The Balaban J connectivity index is 1.49. The average Bonchev–Trinajstić information content (AvgIpc) is 3.37. The fourth-order valence-electron chi connectivity index (χ4n) is 4.54. The normalized spacial score (nSPS) is 16.1. The maximum Gasteiger partial charge on any atom is 0.263 e. The number of carbonyl (C=O) groups is 2. The van der Waals surface area contributed by atoms with E-state index in [-0.39, 0.29) is 22.9 Å². The maximum absolute atomic E-state index is 13.3. The summed E-state index contributed by atoms with van der Waals surface area (Å²) in [5, 5.41) is 4.26. The Kier molecular flexibility index (Phi) is 4.53. The number of rotatable bonds is 2. The van der Waals surface area contributed by atoms with Gasteiger partial charge >= 0.3 is 0 Å². The van der Waals surface area contributed by atoms with Crippen molar-refractivity contribution in [3.63, 3.8) is 0 Å². The van der Waals surface area contributed by atoms with Gasteiger partial charge in [-0.2, -0.15) is 5.10 Å². The molecule has 9 nitrogen and oxygen atoms in total. The van der Waals surface area contributed by atoms with Gasteiger partial charge in [-0.25, -0.2) is 4.52 Å². The number of imidazole rings is 1. The standard InChI is InChI=1S/C22H24N6O3/c1-24-10-11-28-19(24)17(12-23-28)20(29)27-9-6-16-15(14-27)13-25(2)21(30)18(16)22(31)26-7-4-3-5-8-26/h3-4,10-13H,5-9,14H2,1-2H3. The fourth-order valence-corrected chi connectivity index (χ4v) is 4.54. The van der Waals surface area contributed by atoms with E-state index >= 15 is 0 Å². The van der Waals surface area contributed by atoms with Gasteiger partial charge in [0.1, 0.15) is 16.8 Å². The van der Waals surface area contributed by atoms with E-state index in [9.17, 15) is 14.4 Å². The van der Waals surface area contributed by atoms with E-state index in [0.29, 0.717) is 38.2 Å². The molecule has 3 aromatic heterocycles. The summed E-state index contributed by atoms with van der Waals surface area (Å²) in [6.45, 7) is 1.93. The molecule has 9 heteroatoms. The van der Waals surface area contributed by atoms with Gasteiger partial charge in [0.05, 0.1) is 6.20 Å². The summed E-state index contributed by atoms with van der Waals surface area (Å²) in [7, 11) is 3.53. The highest BCUT2D eigenvalue weighted by molar-refractivity contribution is 6.00. The summed E-state index contributed by atoms with van der Waals surface area (Å²) in [6.07, 6.45) is 12.3. The lowest BCUT2D eigenvalue weighted by atomic mass is 9.95. The maximum atomic E-state index is 13.3. The molecule has 5 heterocycles. The summed E-state index contributed by atoms with van der Waals surface area (Å²) < 4.78 is 5.00. The Labute approximate surface area is 178 Å². The molecule has 0 atom stereocenters. The lowest BCUT2D eigenvalue weighted by Gasteiger charge is -2.31. The summed E-state index contributed by atoms with van der Waals surface area (Å²) in [4.78, 5) is 42.8. The molecule has 0 aliphatic carbocycles. The minimum atomic E-state index is -0.278. The third-order valence-corrected chi connectivity index (χ3v) is 6.18. The Morgan fingerprint density at radius 1 is 1.00 bits per heavy atom. The summed E-state index contributed by atoms with van der Waals surface area (Å²) in [5.74, 6) is -0.325. The van der Waals surface area contributed by atoms with Gasteiger partial charge < -0.3 is 18.9 Å². The molecule has 2 aliphatic heterocycles. The summed E-state index contributed by atoms with van der Waals surface area (Å²) in [5.41, 5.74) is 2.86. The van der Waals surface area contributed by atoms with Crippen LogP contribution in [0, 0.1) is 0 Å². The molecule has 160 valence electrons. The van der Waals surface area contributed by atoms with E-state index < -0.39 is 0 Å². The first kappa shape index (κ1) is 19.3. The summed E-state index contributed by atoms with van der Waals surface area (Å²) >= 11 is 0. The van der Waals surface area contributed by atoms with Crippen LogP contribution in [-0.2, 0) is 27.1 Å². The predicted octanol–water partition coefficient (Wildman–Crippen LogP) is 0.972. The molecule has 2 aliphatic rings. The Morgan fingerprint density at radius 2 is 1.84 bits per heavy atom. The van der Waals surface area contributed by atoms with Gasteiger partial charge in [-0.05, 0) is 24.0 Å². The second kappa shape index (κ2) is 7.26. The van der Waals surface area contributed by atoms with E-state index in [2.05, 4.69) is 5.10 Å². The zero-order valence-electron chi connectivity index (χ0n) is 17.6. The molecule has 5 rings (SSSR count). The van der Waals surface area contributed by atoms with Gasteiger partial charge in [0.2, 0.25) is 0 Å². The van der Waals surface area contributed by atoms with Crippen LogP contribution in [-0.4, -0.2) is 60.0 Å². The van der Waals surface area contributed by atoms with E-state index in [4.69, 9.17) is 0 Å². The molecule has 0 saturated carbocycles. The van der Waals surface area contributed by atoms with E-state index in [0.717, 1.165) is 23.2 Å². The van der Waals surface area contributed by atoms with E-state index in [1.165, 1.54) is 4.57 Å². The fraction of sp³-hybridized carbons (Fsp3) is 0.364. The topological polar surface area (TPSA) is 84.8 Å². The molecule has 0 N–H and O–H groups in total. The number of nitrogens with zero attached hydrogens (tertiary/aromatic N) is 6. The molecular weight excluding hydrogens is 396 g/mol. The number of fused-ring (bicyclic) bond motifs is 2. The van der Waals surface area contributed by atoms with Gasteiger partial charge in [0, 0.05) is 58.9 Å². The summed E-state index contributed by atoms with van der Waals surface area (Å²) in [6, 6.07) is 0. The van der Waals surface area contributed by atoms with Crippen molar-refractivity contribution in [1.29, 1.82) is 0 Å². The third kappa shape index (κ3) is 3.08. The second-order valence-corrected chi connectivity index (χ2v) is 8.15. The third-order valence-electron chi connectivity index (χ3n) is 6.18. The first-order chi connectivity index (χ1) is 15.0. The molecule has 31 heavy (non-hydrogen) atoms. The van der Waals surface area contributed by atoms with Crippen LogP contribution in [0.5, 0.6) is 0 Å². The van der Waals surface area contributed by atoms with Gasteiger partial charge in [0.15, 0.2) is 0 Å². The van der Waals surface area contributed by atoms with Crippen molar-refractivity contribution in [2.75, 3.05) is 19.6 Å². The lowest BCUT2D eigenvalue weighted by Crippen LogP contribution is -2.43. The molecular formula is C22H24N6O3.